The van der Waals surface area contributed by atoms with Gasteiger partial charge < -0.3 is 35.1 Å². The zero-order valence-corrected chi connectivity index (χ0v) is 22.0. The van der Waals surface area contributed by atoms with E-state index in [0.29, 0.717) is 56.6 Å². The number of carboxylic acids is 1. The highest BCUT2D eigenvalue weighted by Crippen LogP contribution is 2.30. The molecule has 2 atom stereocenters. The van der Waals surface area contributed by atoms with Crippen molar-refractivity contribution in [3.05, 3.63) is 27.2 Å². The number of anilines is 1. The minimum Gasteiger partial charge on any atom is -0.477 e. The summed E-state index contributed by atoms with van der Waals surface area (Å²) in [6, 6.07) is -0.303. The molecule has 36 heavy (non-hydrogen) atoms. The largest absolute Gasteiger partial charge is 0.477 e. The van der Waals surface area contributed by atoms with Gasteiger partial charge in [0.05, 0.1) is 24.4 Å². The summed E-state index contributed by atoms with van der Waals surface area (Å²) in [4.78, 5) is 50.2. The monoisotopic (exact) mass is 542 g/mol. The molecule has 4 N–H and O–H groups in total. The van der Waals surface area contributed by atoms with E-state index in [4.69, 9.17) is 21.1 Å². The summed E-state index contributed by atoms with van der Waals surface area (Å²) in [6.07, 6.45) is 0.755. The van der Waals surface area contributed by atoms with E-state index in [1.165, 1.54) is 0 Å². The summed E-state index contributed by atoms with van der Waals surface area (Å²) < 4.78 is 11.1. The molecule has 1 fully saturated rings. The number of imidazole rings is 1. The van der Waals surface area contributed by atoms with E-state index in [0.717, 1.165) is 11.3 Å². The topological polar surface area (TPSA) is 159 Å². The highest BCUT2D eigenvalue weighted by Gasteiger charge is 2.34. The number of aromatic amines is 1. The number of piperidine rings is 1. The molecule has 2 amide bonds. The predicted molar refractivity (Wildman–Crippen MR) is 134 cm³/mol. The highest BCUT2D eigenvalue weighted by molar-refractivity contribution is 7.17. The first kappa shape index (κ1) is 27.8. The van der Waals surface area contributed by atoms with Crippen molar-refractivity contribution >= 4 is 45.9 Å². The number of amides is 2. The Labute approximate surface area is 217 Å². The van der Waals surface area contributed by atoms with Crippen LogP contribution in [-0.4, -0.2) is 89.4 Å². The van der Waals surface area contributed by atoms with Crippen LogP contribution in [0.5, 0.6) is 0 Å². The average molecular weight is 543 g/mol. The lowest BCUT2D eigenvalue weighted by Gasteiger charge is -2.38. The second kappa shape index (κ2) is 13.0. The standard InChI is InChI=1S/C22H31ClN6O6S/c1-4-12-17(23)28-18(25-12)20(31)26-13-7-9-29(11-14(13)35-6-3)22-27-15(16(36-22)21(32)33)19(30)24-8-10-34-5-2/h13-14H,4-11H2,1-3H3,(H,24,30)(H,25,28)(H,26,31)(H,32,33)/t13-,14+/m0/s1. The predicted octanol–water partition coefficient (Wildman–Crippen LogP) is 1.96. The second-order valence-corrected chi connectivity index (χ2v) is 9.28. The quantitative estimate of drug-likeness (QED) is 0.294. The van der Waals surface area contributed by atoms with E-state index < -0.39 is 11.9 Å². The Morgan fingerprint density at radius 3 is 2.64 bits per heavy atom. The van der Waals surface area contributed by atoms with Crippen molar-refractivity contribution in [3.63, 3.8) is 0 Å². The van der Waals surface area contributed by atoms with Crippen molar-refractivity contribution in [1.29, 1.82) is 0 Å². The van der Waals surface area contributed by atoms with Gasteiger partial charge in [0.2, 0.25) is 0 Å². The fraction of sp³-hybridized carbons (Fsp3) is 0.591. The molecule has 0 saturated carbocycles. The number of thiazole rings is 1. The van der Waals surface area contributed by atoms with E-state index in [2.05, 4.69) is 25.6 Å². The maximum atomic E-state index is 12.8. The lowest BCUT2D eigenvalue weighted by molar-refractivity contribution is 0.0271. The molecule has 2 aromatic heterocycles. The molecule has 1 saturated heterocycles. The van der Waals surface area contributed by atoms with Crippen LogP contribution in [0.4, 0.5) is 5.13 Å². The zero-order chi connectivity index (χ0) is 26.2. The van der Waals surface area contributed by atoms with Gasteiger partial charge in [0.25, 0.3) is 11.8 Å². The first-order valence-corrected chi connectivity index (χ1v) is 13.0. The Hall–Kier alpha value is -2.74. The van der Waals surface area contributed by atoms with Crippen molar-refractivity contribution in [2.45, 2.75) is 45.8 Å². The number of H-pyrrole nitrogens is 1. The normalized spacial score (nSPS) is 17.7. The van der Waals surface area contributed by atoms with Gasteiger partial charge in [0, 0.05) is 32.8 Å². The average Bonchev–Trinajstić information content (AvgIpc) is 3.47. The van der Waals surface area contributed by atoms with Crippen LogP contribution in [0.15, 0.2) is 0 Å². The van der Waals surface area contributed by atoms with Gasteiger partial charge in [0.1, 0.15) is 4.88 Å². The number of aromatic carboxylic acids is 1. The third kappa shape index (κ3) is 6.72. The maximum absolute atomic E-state index is 12.8. The lowest BCUT2D eigenvalue weighted by atomic mass is 10.0. The summed E-state index contributed by atoms with van der Waals surface area (Å²) in [7, 11) is 0. The first-order valence-electron chi connectivity index (χ1n) is 11.8. The van der Waals surface area contributed by atoms with Crippen LogP contribution in [0.3, 0.4) is 0 Å². The van der Waals surface area contributed by atoms with Crippen molar-refractivity contribution in [2.75, 3.05) is 44.4 Å². The van der Waals surface area contributed by atoms with Crippen LogP contribution < -0.4 is 15.5 Å². The smallest absolute Gasteiger partial charge is 0.348 e. The number of nitrogens with zero attached hydrogens (tertiary/aromatic N) is 3. The molecule has 3 heterocycles. The molecule has 0 spiro atoms. The molecule has 0 radical (unpaired) electrons. The van der Waals surface area contributed by atoms with Crippen LogP contribution >= 0.6 is 22.9 Å². The van der Waals surface area contributed by atoms with Crippen LogP contribution in [0, 0.1) is 0 Å². The second-order valence-electron chi connectivity index (χ2n) is 7.95. The molecular weight excluding hydrogens is 512 g/mol. The van der Waals surface area contributed by atoms with Gasteiger partial charge in [0.15, 0.2) is 21.8 Å². The number of carbonyl (C=O) groups excluding carboxylic acids is 2. The molecule has 1 aliphatic heterocycles. The van der Waals surface area contributed by atoms with E-state index in [-0.39, 0.29) is 46.1 Å². The molecule has 0 aromatic carbocycles. The molecule has 1 aliphatic rings. The number of aryl methyl sites for hydroxylation is 1. The van der Waals surface area contributed by atoms with Crippen LogP contribution in [0.25, 0.3) is 0 Å². The van der Waals surface area contributed by atoms with Gasteiger partial charge in [-0.15, -0.1) is 0 Å². The number of ether oxygens (including phenoxy) is 2. The number of halogens is 1. The molecule has 198 valence electrons. The molecule has 3 rings (SSSR count). The van der Waals surface area contributed by atoms with E-state index in [1.807, 2.05) is 25.7 Å². The van der Waals surface area contributed by atoms with E-state index in [9.17, 15) is 19.5 Å². The summed E-state index contributed by atoms with van der Waals surface area (Å²) >= 11 is 7.00. The number of rotatable bonds is 12. The fourth-order valence-corrected chi connectivity index (χ4v) is 5.01. The number of nitrogens with one attached hydrogen (secondary N) is 3. The Kier molecular flexibility index (Phi) is 10.0. The SMILES string of the molecule is CCOCCNC(=O)c1nc(N2CC[C@H](NC(=O)c3nc(Cl)c(CC)[nH]3)[C@H](OCC)C2)sc1C(=O)O. The van der Waals surface area contributed by atoms with Gasteiger partial charge in [-0.1, -0.05) is 29.9 Å². The lowest BCUT2D eigenvalue weighted by Crippen LogP contribution is -2.55. The number of carbonyl (C=O) groups is 3. The van der Waals surface area contributed by atoms with E-state index in [1.54, 1.807) is 0 Å². The van der Waals surface area contributed by atoms with Crippen LogP contribution in [-0.2, 0) is 15.9 Å². The van der Waals surface area contributed by atoms with Crippen molar-refractivity contribution in [3.8, 4) is 0 Å². The first-order chi connectivity index (χ1) is 17.3. The minimum atomic E-state index is -1.22. The van der Waals surface area contributed by atoms with Crippen molar-refractivity contribution in [2.24, 2.45) is 0 Å². The Balaban J connectivity index is 1.71. The molecule has 0 aliphatic carbocycles. The Morgan fingerprint density at radius 2 is 2.00 bits per heavy atom. The van der Waals surface area contributed by atoms with Crippen LogP contribution in [0.1, 0.15) is 63.7 Å². The number of aromatic nitrogens is 3. The molecule has 2 aromatic rings. The Morgan fingerprint density at radius 1 is 1.22 bits per heavy atom. The molecule has 12 nitrogen and oxygen atoms in total. The van der Waals surface area contributed by atoms with Gasteiger partial charge in [-0.2, -0.15) is 0 Å². The fourth-order valence-electron chi connectivity index (χ4n) is 3.81. The number of hydrogen-bond donors (Lipinski definition) is 4. The number of carboxylic acid groups (broad SMARTS) is 1. The van der Waals surface area contributed by atoms with Gasteiger partial charge in [-0.25, -0.2) is 14.8 Å². The molecular formula is C22H31ClN6O6S. The molecule has 14 heteroatoms. The highest BCUT2D eigenvalue weighted by atomic mass is 35.5. The molecule has 0 bridgehead atoms. The number of hydrogen-bond acceptors (Lipinski definition) is 9. The summed E-state index contributed by atoms with van der Waals surface area (Å²) in [5, 5.41) is 15.9. The van der Waals surface area contributed by atoms with Crippen molar-refractivity contribution < 1.29 is 29.0 Å². The zero-order valence-electron chi connectivity index (χ0n) is 20.4. The van der Waals surface area contributed by atoms with Crippen molar-refractivity contribution in [1.82, 2.24) is 25.6 Å². The summed E-state index contributed by atoms with van der Waals surface area (Å²) in [5.74, 6) is -2.03. The van der Waals surface area contributed by atoms with E-state index >= 15 is 0 Å². The minimum absolute atomic E-state index is 0.135. The maximum Gasteiger partial charge on any atom is 0.348 e. The van der Waals surface area contributed by atoms with Gasteiger partial charge in [-0.05, 0) is 26.7 Å². The summed E-state index contributed by atoms with van der Waals surface area (Å²) in [5.41, 5.74) is 0.553. The van der Waals surface area contributed by atoms with Gasteiger partial charge >= 0.3 is 5.97 Å². The van der Waals surface area contributed by atoms with Gasteiger partial charge in [-0.3, -0.25) is 9.59 Å². The Bertz CT molecular complexity index is 1080. The molecule has 0 unspecified atom stereocenters. The summed E-state index contributed by atoms with van der Waals surface area (Å²) in [6.45, 7) is 7.95. The van der Waals surface area contributed by atoms with Crippen LogP contribution in [0.2, 0.25) is 5.15 Å². The third-order valence-corrected chi connectivity index (χ3v) is 7.00. The third-order valence-electron chi connectivity index (χ3n) is 5.59.